The number of carboxylic acid groups (broad SMARTS) is 1. The lowest BCUT2D eigenvalue weighted by Crippen LogP contribution is -2.26. The highest BCUT2D eigenvalue weighted by molar-refractivity contribution is 7.15. The Bertz CT molecular complexity index is 1940. The molecule has 0 saturated carbocycles. The van der Waals surface area contributed by atoms with Gasteiger partial charge in [0.25, 0.3) is 0 Å². The van der Waals surface area contributed by atoms with Crippen molar-refractivity contribution in [3.63, 3.8) is 0 Å². The van der Waals surface area contributed by atoms with Crippen LogP contribution in [-0.4, -0.2) is 16.1 Å². The maximum Gasteiger partial charge on any atom is 0.346 e. The van der Waals surface area contributed by atoms with Gasteiger partial charge < -0.3 is 10.0 Å². The van der Waals surface area contributed by atoms with Crippen molar-refractivity contribution in [2.24, 2.45) is 0 Å². The summed E-state index contributed by atoms with van der Waals surface area (Å²) in [6.45, 7) is 4.54. The van der Waals surface area contributed by atoms with Crippen LogP contribution < -0.4 is 4.90 Å². The number of aliphatic carboxylic acids is 1. The minimum atomic E-state index is -1.23. The fourth-order valence-electron chi connectivity index (χ4n) is 7.50. The average molecular weight is 680 g/mol. The lowest BCUT2D eigenvalue weighted by molar-refractivity contribution is -0.132. The number of nitriles is 1. The number of para-hydroxylation sites is 2. The van der Waals surface area contributed by atoms with Crippen LogP contribution in [0.1, 0.15) is 94.1 Å². The van der Waals surface area contributed by atoms with Crippen LogP contribution >= 0.6 is 11.3 Å². The highest BCUT2D eigenvalue weighted by atomic mass is 32.1. The molecule has 4 aromatic carbocycles. The molecule has 0 fully saturated rings. The molecule has 0 radical (unpaired) electrons. The van der Waals surface area contributed by atoms with Crippen LogP contribution in [0.5, 0.6) is 0 Å². The first-order chi connectivity index (χ1) is 24.5. The second kappa shape index (κ2) is 16.1. The number of carbonyl (C=O) groups is 1. The standard InChI is InChI=1S/C44H45N3O2S/c1-3-5-7-15-25-44(26-16-8-6-4-2)40-28-32(42-46-31-37(50-42)27-33(30-45)43(48)49)21-23-38(40)39-24-22-36(29-41(39)44)47(34-17-11-9-12-18-34)35-19-13-10-14-20-35/h9-14,17-24,27-29,31H,3-8,15-16,25-26H2,1-2H3,(H,48,49)/b33-27+. The zero-order valence-corrected chi connectivity index (χ0v) is 29.9. The van der Waals surface area contributed by atoms with Crippen molar-refractivity contribution in [2.45, 2.75) is 83.5 Å². The van der Waals surface area contributed by atoms with Gasteiger partial charge in [0, 0.05) is 39.1 Å². The summed E-state index contributed by atoms with van der Waals surface area (Å²) in [6.07, 6.45) is 14.9. The Morgan fingerprint density at radius 2 is 1.36 bits per heavy atom. The van der Waals surface area contributed by atoms with E-state index in [1.54, 1.807) is 12.3 Å². The molecule has 0 aliphatic heterocycles. The lowest BCUT2D eigenvalue weighted by Gasteiger charge is -2.34. The third-order valence-electron chi connectivity index (χ3n) is 9.95. The molecule has 1 heterocycles. The van der Waals surface area contributed by atoms with Crippen molar-refractivity contribution in [2.75, 3.05) is 4.90 Å². The van der Waals surface area contributed by atoms with Crippen LogP contribution in [0.15, 0.2) is 109 Å². The van der Waals surface area contributed by atoms with Gasteiger partial charge in [-0.15, -0.1) is 11.3 Å². The number of rotatable bonds is 16. The molecule has 254 valence electrons. The first-order valence-electron chi connectivity index (χ1n) is 18.0. The zero-order valence-electron chi connectivity index (χ0n) is 29.1. The highest BCUT2D eigenvalue weighted by Gasteiger charge is 2.43. The summed E-state index contributed by atoms with van der Waals surface area (Å²) < 4.78 is 0. The molecule has 5 aromatic rings. The molecule has 1 aliphatic rings. The van der Waals surface area contributed by atoms with Crippen LogP contribution in [-0.2, 0) is 10.2 Å². The molecule has 6 rings (SSSR count). The second-order valence-corrected chi connectivity index (χ2v) is 14.3. The molecule has 50 heavy (non-hydrogen) atoms. The monoisotopic (exact) mass is 679 g/mol. The van der Waals surface area contributed by atoms with E-state index in [-0.39, 0.29) is 11.0 Å². The van der Waals surface area contributed by atoms with Crippen LogP contribution in [0.4, 0.5) is 17.1 Å². The Morgan fingerprint density at radius 1 is 0.780 bits per heavy atom. The van der Waals surface area contributed by atoms with Gasteiger partial charge >= 0.3 is 5.97 Å². The van der Waals surface area contributed by atoms with Crippen molar-refractivity contribution in [3.8, 4) is 27.8 Å². The molecule has 1 aliphatic carbocycles. The van der Waals surface area contributed by atoms with E-state index in [2.05, 4.69) is 116 Å². The Hall–Kier alpha value is -4.99. The van der Waals surface area contributed by atoms with Crippen LogP contribution in [0.2, 0.25) is 0 Å². The quantitative estimate of drug-likeness (QED) is 0.0638. The molecular weight excluding hydrogens is 635 g/mol. The molecule has 0 unspecified atom stereocenters. The molecule has 6 heteroatoms. The summed E-state index contributed by atoms with van der Waals surface area (Å²) in [7, 11) is 0. The molecule has 0 spiro atoms. The molecule has 0 bridgehead atoms. The second-order valence-electron chi connectivity index (χ2n) is 13.2. The van der Waals surface area contributed by atoms with E-state index in [9.17, 15) is 15.2 Å². The first-order valence-corrected chi connectivity index (χ1v) is 18.8. The van der Waals surface area contributed by atoms with Crippen molar-refractivity contribution < 1.29 is 9.90 Å². The maximum atomic E-state index is 11.5. The Labute approximate surface area is 300 Å². The van der Waals surface area contributed by atoms with E-state index in [1.165, 1.54) is 78.2 Å². The number of aromatic nitrogens is 1. The van der Waals surface area contributed by atoms with Crippen LogP contribution in [0, 0.1) is 11.3 Å². The number of hydrogen-bond acceptors (Lipinski definition) is 5. The third-order valence-corrected chi connectivity index (χ3v) is 10.9. The third kappa shape index (κ3) is 7.29. The predicted octanol–water partition coefficient (Wildman–Crippen LogP) is 12.5. The number of hydrogen-bond donors (Lipinski definition) is 1. The summed E-state index contributed by atoms with van der Waals surface area (Å²) in [4.78, 5) is 19.2. The zero-order chi connectivity index (χ0) is 34.9. The van der Waals surface area contributed by atoms with Crippen LogP contribution in [0.25, 0.3) is 27.8 Å². The number of unbranched alkanes of at least 4 members (excludes halogenated alkanes) is 6. The van der Waals surface area contributed by atoms with E-state index < -0.39 is 5.97 Å². The topological polar surface area (TPSA) is 77.2 Å². The van der Waals surface area contributed by atoms with E-state index in [0.29, 0.717) is 4.88 Å². The van der Waals surface area contributed by atoms with Gasteiger partial charge in [-0.05, 0) is 83.6 Å². The van der Waals surface area contributed by atoms with Gasteiger partial charge in [-0.25, -0.2) is 9.78 Å². The van der Waals surface area contributed by atoms with E-state index in [4.69, 9.17) is 4.98 Å². The van der Waals surface area contributed by atoms with Crippen molar-refractivity contribution in [3.05, 3.63) is 125 Å². The minimum Gasteiger partial charge on any atom is -0.477 e. The van der Waals surface area contributed by atoms with Gasteiger partial charge in [0.1, 0.15) is 16.6 Å². The SMILES string of the molecule is CCCCCCC1(CCCCCC)c2cc(-c3ncc(/C=C(\C#N)C(=O)O)s3)ccc2-c2ccc(N(c3ccccc3)c3ccccc3)cc21. The molecule has 0 atom stereocenters. The van der Waals surface area contributed by atoms with Gasteiger partial charge in [0.15, 0.2) is 0 Å². The maximum absolute atomic E-state index is 11.5. The van der Waals surface area contributed by atoms with E-state index >= 15 is 0 Å². The summed E-state index contributed by atoms with van der Waals surface area (Å²) in [5.41, 5.74) is 9.39. The Morgan fingerprint density at radius 3 is 1.92 bits per heavy atom. The van der Waals surface area contributed by atoms with Gasteiger partial charge in [-0.3, -0.25) is 0 Å². The van der Waals surface area contributed by atoms with Crippen molar-refractivity contribution in [1.82, 2.24) is 4.98 Å². The van der Waals surface area contributed by atoms with Gasteiger partial charge in [0.05, 0.1) is 0 Å². The number of benzene rings is 4. The smallest absolute Gasteiger partial charge is 0.346 e. The van der Waals surface area contributed by atoms with Gasteiger partial charge in [-0.1, -0.05) is 120 Å². The number of thiazole rings is 1. The van der Waals surface area contributed by atoms with E-state index in [0.717, 1.165) is 53.3 Å². The lowest BCUT2D eigenvalue weighted by atomic mass is 9.70. The summed E-state index contributed by atoms with van der Waals surface area (Å²) in [5.74, 6) is -1.23. The number of anilines is 3. The number of carboxylic acids is 1. The average Bonchev–Trinajstić information content (AvgIpc) is 3.72. The van der Waals surface area contributed by atoms with Crippen molar-refractivity contribution in [1.29, 1.82) is 5.26 Å². The van der Waals surface area contributed by atoms with Crippen LogP contribution in [0.3, 0.4) is 0 Å². The first kappa shape index (κ1) is 34.9. The predicted molar refractivity (Wildman–Crippen MR) is 207 cm³/mol. The van der Waals surface area contributed by atoms with Gasteiger partial charge in [0.2, 0.25) is 0 Å². The molecule has 0 amide bonds. The molecule has 5 nitrogen and oxygen atoms in total. The Balaban J connectivity index is 1.50. The molecule has 1 aromatic heterocycles. The number of fused-ring (bicyclic) bond motifs is 3. The number of nitrogens with zero attached hydrogens (tertiary/aromatic N) is 3. The summed E-state index contributed by atoms with van der Waals surface area (Å²) in [5, 5.41) is 19.5. The summed E-state index contributed by atoms with van der Waals surface area (Å²) >= 11 is 1.42. The summed E-state index contributed by atoms with van der Waals surface area (Å²) in [6, 6.07) is 36.9. The highest BCUT2D eigenvalue weighted by Crippen LogP contribution is 2.56. The minimum absolute atomic E-state index is 0.144. The van der Waals surface area contributed by atoms with E-state index in [1.807, 2.05) is 0 Å². The van der Waals surface area contributed by atoms with Crippen molar-refractivity contribution >= 4 is 40.4 Å². The normalized spacial score (nSPS) is 13.0. The Kier molecular flexibility index (Phi) is 11.3. The molecule has 0 saturated heterocycles. The van der Waals surface area contributed by atoms with Gasteiger partial charge in [-0.2, -0.15) is 5.26 Å². The molecular formula is C44H45N3O2S. The fraction of sp³-hybridized carbons (Fsp3) is 0.295. The fourth-order valence-corrected chi connectivity index (χ4v) is 8.35. The molecule has 1 N–H and O–H groups in total. The largest absolute Gasteiger partial charge is 0.477 e.